The topological polar surface area (TPSA) is 86.5 Å². The van der Waals surface area contributed by atoms with Crippen molar-refractivity contribution in [3.63, 3.8) is 0 Å². The smallest absolute Gasteiger partial charge is 0.200 e. The number of anilines is 1. The highest BCUT2D eigenvalue weighted by atomic mass is 32.1. The van der Waals surface area contributed by atoms with Crippen molar-refractivity contribution in [2.75, 3.05) is 19.1 Å². The number of hydrogen-bond donors (Lipinski definition) is 3. The molecule has 29 heavy (non-hydrogen) atoms. The SMILES string of the molecule is CCc1cc(-c2n[nH]c(=S)n2-c2ccc(OC)c(N(C)C(C)C)c2)c(O)cc1O. The molecule has 0 atom stereocenters. The van der Waals surface area contributed by atoms with Gasteiger partial charge in [-0.05, 0) is 62.3 Å². The summed E-state index contributed by atoms with van der Waals surface area (Å²) in [7, 11) is 3.64. The highest BCUT2D eigenvalue weighted by Gasteiger charge is 2.19. The maximum atomic E-state index is 10.5. The fourth-order valence-corrected chi connectivity index (χ4v) is 3.41. The van der Waals surface area contributed by atoms with Crippen molar-refractivity contribution < 1.29 is 14.9 Å². The molecule has 0 aliphatic rings. The predicted molar refractivity (Wildman–Crippen MR) is 117 cm³/mol. The molecule has 1 aromatic heterocycles. The first-order chi connectivity index (χ1) is 13.8. The highest BCUT2D eigenvalue weighted by molar-refractivity contribution is 7.71. The number of nitrogens with zero attached hydrogens (tertiary/aromatic N) is 3. The Bertz CT molecular complexity index is 1090. The van der Waals surface area contributed by atoms with E-state index >= 15 is 0 Å². The first-order valence-corrected chi connectivity index (χ1v) is 9.83. The molecule has 0 unspecified atom stereocenters. The van der Waals surface area contributed by atoms with Crippen LogP contribution in [0.25, 0.3) is 17.1 Å². The average molecular weight is 415 g/mol. The van der Waals surface area contributed by atoms with Gasteiger partial charge in [0.25, 0.3) is 0 Å². The Balaban J connectivity index is 2.22. The first kappa shape index (κ1) is 20.7. The average Bonchev–Trinajstić information content (AvgIpc) is 3.08. The number of methoxy groups -OCH3 is 1. The third-order valence-electron chi connectivity index (χ3n) is 5.07. The molecule has 3 rings (SSSR count). The number of aromatic hydroxyl groups is 2. The Labute approximate surface area is 175 Å². The maximum absolute atomic E-state index is 10.5. The number of ether oxygens (including phenoxy) is 1. The molecule has 0 bridgehead atoms. The summed E-state index contributed by atoms with van der Waals surface area (Å²) in [6.45, 7) is 6.13. The van der Waals surface area contributed by atoms with Crippen LogP contribution in [0.2, 0.25) is 0 Å². The van der Waals surface area contributed by atoms with Crippen molar-refractivity contribution in [3.8, 4) is 34.3 Å². The van der Waals surface area contributed by atoms with Gasteiger partial charge in [0, 0.05) is 19.2 Å². The molecule has 7 nitrogen and oxygen atoms in total. The van der Waals surface area contributed by atoms with Gasteiger partial charge < -0.3 is 19.8 Å². The van der Waals surface area contributed by atoms with E-state index in [0.29, 0.717) is 28.1 Å². The van der Waals surface area contributed by atoms with Gasteiger partial charge >= 0.3 is 0 Å². The molecule has 0 radical (unpaired) electrons. The van der Waals surface area contributed by atoms with E-state index in [2.05, 4.69) is 28.9 Å². The molecule has 0 aliphatic heterocycles. The second kappa shape index (κ2) is 8.16. The van der Waals surface area contributed by atoms with Gasteiger partial charge in [-0.15, -0.1) is 0 Å². The number of aromatic nitrogens is 3. The number of nitrogens with one attached hydrogen (secondary N) is 1. The van der Waals surface area contributed by atoms with Crippen molar-refractivity contribution in [3.05, 3.63) is 40.7 Å². The number of benzene rings is 2. The van der Waals surface area contributed by atoms with E-state index in [0.717, 1.165) is 17.1 Å². The van der Waals surface area contributed by atoms with Crippen LogP contribution < -0.4 is 9.64 Å². The highest BCUT2D eigenvalue weighted by Crippen LogP contribution is 2.37. The Kier molecular flexibility index (Phi) is 5.83. The lowest BCUT2D eigenvalue weighted by Gasteiger charge is -2.26. The fourth-order valence-electron chi connectivity index (χ4n) is 3.17. The quantitative estimate of drug-likeness (QED) is 0.518. The molecule has 0 amide bonds. The number of phenolic OH excluding ortho intramolecular Hbond substituents is 2. The minimum absolute atomic E-state index is 0.0553. The third-order valence-corrected chi connectivity index (χ3v) is 5.34. The summed E-state index contributed by atoms with van der Waals surface area (Å²) < 4.78 is 7.69. The van der Waals surface area contributed by atoms with E-state index in [-0.39, 0.29) is 17.5 Å². The Morgan fingerprint density at radius 1 is 1.21 bits per heavy atom. The minimum Gasteiger partial charge on any atom is -0.508 e. The monoisotopic (exact) mass is 414 g/mol. The van der Waals surface area contributed by atoms with Gasteiger partial charge in [0.1, 0.15) is 17.2 Å². The molecule has 3 N–H and O–H groups in total. The standard InChI is InChI=1S/C21H26N4O3S/c1-6-13-9-15(18(27)11-17(13)26)20-22-23-21(29)25(20)14-7-8-19(28-5)16(10-14)24(4)12(2)3/h7-12,26-27H,6H2,1-5H3,(H,23,29). The van der Waals surface area contributed by atoms with E-state index < -0.39 is 0 Å². The van der Waals surface area contributed by atoms with Crippen LogP contribution in [0.5, 0.6) is 17.2 Å². The maximum Gasteiger partial charge on any atom is 0.200 e. The number of rotatable bonds is 6. The normalized spacial score (nSPS) is 11.1. The van der Waals surface area contributed by atoms with E-state index in [4.69, 9.17) is 17.0 Å². The molecule has 0 spiro atoms. The second-order valence-electron chi connectivity index (χ2n) is 7.10. The molecule has 0 saturated heterocycles. The van der Waals surface area contributed by atoms with Crippen LogP contribution in [-0.2, 0) is 6.42 Å². The van der Waals surface area contributed by atoms with Crippen LogP contribution >= 0.6 is 12.2 Å². The molecular weight excluding hydrogens is 388 g/mol. The van der Waals surface area contributed by atoms with Crippen LogP contribution in [0.1, 0.15) is 26.3 Å². The summed E-state index contributed by atoms with van der Waals surface area (Å²) in [4.78, 5) is 2.11. The zero-order chi connectivity index (χ0) is 21.3. The second-order valence-corrected chi connectivity index (χ2v) is 7.49. The summed E-state index contributed by atoms with van der Waals surface area (Å²) >= 11 is 5.48. The van der Waals surface area contributed by atoms with Crippen LogP contribution in [0.15, 0.2) is 30.3 Å². The fraction of sp³-hybridized carbons (Fsp3) is 0.333. The predicted octanol–water partition coefficient (Wildman–Crippen LogP) is 4.42. The van der Waals surface area contributed by atoms with Gasteiger partial charge in [-0.25, -0.2) is 0 Å². The molecule has 154 valence electrons. The lowest BCUT2D eigenvalue weighted by Crippen LogP contribution is -2.26. The number of aryl methyl sites for hydroxylation is 1. The minimum atomic E-state index is -0.0667. The lowest BCUT2D eigenvalue weighted by molar-refractivity contribution is 0.414. The molecule has 8 heteroatoms. The molecule has 2 aromatic carbocycles. The zero-order valence-corrected chi connectivity index (χ0v) is 18.0. The molecule has 3 aromatic rings. The van der Waals surface area contributed by atoms with Crippen LogP contribution in [-0.4, -0.2) is 45.2 Å². The van der Waals surface area contributed by atoms with E-state index in [1.165, 1.54) is 6.07 Å². The van der Waals surface area contributed by atoms with Crippen LogP contribution in [0, 0.1) is 4.77 Å². The largest absolute Gasteiger partial charge is 0.508 e. The van der Waals surface area contributed by atoms with Crippen molar-refractivity contribution in [1.29, 1.82) is 0 Å². The van der Waals surface area contributed by atoms with Crippen molar-refractivity contribution in [2.45, 2.75) is 33.2 Å². The van der Waals surface area contributed by atoms with Crippen LogP contribution in [0.3, 0.4) is 0 Å². The van der Waals surface area contributed by atoms with Crippen molar-refractivity contribution in [1.82, 2.24) is 14.8 Å². The van der Waals surface area contributed by atoms with Gasteiger partial charge in [0.15, 0.2) is 10.6 Å². The van der Waals surface area contributed by atoms with Crippen molar-refractivity contribution >= 4 is 17.9 Å². The number of H-pyrrole nitrogens is 1. The molecule has 0 fully saturated rings. The number of phenols is 2. The summed E-state index contributed by atoms with van der Waals surface area (Å²) in [5, 5.41) is 27.6. The van der Waals surface area contributed by atoms with Gasteiger partial charge in [-0.2, -0.15) is 5.10 Å². The number of hydrogen-bond acceptors (Lipinski definition) is 6. The van der Waals surface area contributed by atoms with Crippen molar-refractivity contribution in [2.24, 2.45) is 0 Å². The Morgan fingerprint density at radius 3 is 2.55 bits per heavy atom. The summed E-state index contributed by atoms with van der Waals surface area (Å²) in [6, 6.07) is 9.09. The van der Waals surface area contributed by atoms with E-state index in [9.17, 15) is 10.2 Å². The van der Waals surface area contributed by atoms with Gasteiger partial charge in [-0.3, -0.25) is 9.67 Å². The van der Waals surface area contributed by atoms with Gasteiger partial charge in [0.05, 0.1) is 24.0 Å². The molecular formula is C21H26N4O3S. The Morgan fingerprint density at radius 2 is 1.93 bits per heavy atom. The number of aromatic amines is 1. The van der Waals surface area contributed by atoms with Crippen LogP contribution in [0.4, 0.5) is 5.69 Å². The van der Waals surface area contributed by atoms with Gasteiger partial charge in [0.2, 0.25) is 0 Å². The Hall–Kier alpha value is -3.00. The first-order valence-electron chi connectivity index (χ1n) is 9.42. The van der Waals surface area contributed by atoms with E-state index in [1.807, 2.05) is 32.2 Å². The summed E-state index contributed by atoms with van der Waals surface area (Å²) in [6.07, 6.45) is 0.621. The lowest BCUT2D eigenvalue weighted by atomic mass is 10.1. The van der Waals surface area contributed by atoms with Gasteiger partial charge in [-0.1, -0.05) is 6.92 Å². The van der Waals surface area contributed by atoms with E-state index in [1.54, 1.807) is 17.7 Å². The molecule has 0 saturated carbocycles. The zero-order valence-electron chi connectivity index (χ0n) is 17.2. The third kappa shape index (κ3) is 3.80. The summed E-state index contributed by atoms with van der Waals surface area (Å²) in [5.41, 5.74) is 2.90. The molecule has 1 heterocycles. The molecule has 0 aliphatic carbocycles. The summed E-state index contributed by atoms with van der Waals surface area (Å²) in [5.74, 6) is 1.20.